The van der Waals surface area contributed by atoms with Crippen LogP contribution in [0.15, 0.2) is 0 Å². The fraction of sp³-hybridized carbons (Fsp3) is 0.846. The Labute approximate surface area is 119 Å². The van der Waals surface area contributed by atoms with Gasteiger partial charge in [0.15, 0.2) is 0 Å². The third-order valence-corrected chi connectivity index (χ3v) is 2.23. The van der Waals surface area contributed by atoms with Gasteiger partial charge in [0.05, 0.1) is 0 Å². The summed E-state index contributed by atoms with van der Waals surface area (Å²) in [7, 11) is 0. The predicted molar refractivity (Wildman–Crippen MR) is 68.9 cm³/mol. The summed E-state index contributed by atoms with van der Waals surface area (Å²) in [5, 5.41) is 2.51. The monoisotopic (exact) mass is 280 g/mol. The van der Waals surface area contributed by atoms with Gasteiger partial charge in [0, 0.05) is 13.2 Å². The second kappa shape index (κ2) is 18.4. The molecule has 0 aromatic carbocycles. The maximum absolute atomic E-state index is 9.80. The van der Waals surface area contributed by atoms with Crippen molar-refractivity contribution in [2.24, 2.45) is 5.92 Å². The average molecular weight is 280 g/mol. The number of ether oxygens (including phenoxy) is 1. The fourth-order valence-corrected chi connectivity index (χ4v) is 1.33. The van der Waals surface area contributed by atoms with Crippen LogP contribution >= 0.6 is 0 Å². The van der Waals surface area contributed by atoms with Gasteiger partial charge in [-0.05, 0) is 31.7 Å². The molecule has 0 rings (SSSR count). The van der Waals surface area contributed by atoms with Crippen LogP contribution in [0.25, 0.3) is 0 Å². The Kier molecular flexibility index (Phi) is 24.0. The molecule has 1 radical (unpaired) electrons. The van der Waals surface area contributed by atoms with Crippen LogP contribution < -0.4 is 5.32 Å². The Morgan fingerprint density at radius 1 is 1.12 bits per heavy atom. The van der Waals surface area contributed by atoms with Gasteiger partial charge in [-0.1, -0.05) is 26.7 Å². The molecule has 0 fully saturated rings. The molecule has 0 spiro atoms. The topological polar surface area (TPSA) is 38.3 Å². The third kappa shape index (κ3) is 21.8. The number of carbonyl (C=O) groups excluding carboxylic acids is 1. The van der Waals surface area contributed by atoms with Crippen LogP contribution in [0, 0.1) is 13.3 Å². The van der Waals surface area contributed by atoms with Crippen LogP contribution in [0.3, 0.4) is 0 Å². The van der Waals surface area contributed by atoms with Crippen LogP contribution in [-0.4, -0.2) is 26.2 Å². The van der Waals surface area contributed by atoms with E-state index in [1.165, 1.54) is 19.3 Å². The first kappa shape index (κ1) is 22.2. The maximum atomic E-state index is 9.80. The van der Waals surface area contributed by atoms with Gasteiger partial charge in [0.25, 0.3) is 0 Å². The van der Waals surface area contributed by atoms with E-state index in [1.807, 2.05) is 0 Å². The number of hydrogen-bond acceptors (Lipinski definition) is 2. The summed E-state index contributed by atoms with van der Waals surface area (Å²) in [6, 6.07) is 0. The summed E-state index contributed by atoms with van der Waals surface area (Å²) < 4.78 is 5.47. The zero-order valence-corrected chi connectivity index (χ0v) is 12.9. The van der Waals surface area contributed by atoms with E-state index < -0.39 is 0 Å². The van der Waals surface area contributed by atoms with Gasteiger partial charge in [-0.3, -0.25) is 0 Å². The first-order valence-electron chi connectivity index (χ1n) is 5.95. The Balaban J connectivity index is -0.000000980. The average Bonchev–Trinajstić information content (AvgIpc) is 2.20. The Morgan fingerprint density at radius 3 is 2.24 bits per heavy atom. The second-order valence-electron chi connectivity index (χ2n) is 4.24. The van der Waals surface area contributed by atoms with Gasteiger partial charge < -0.3 is 22.3 Å². The minimum absolute atomic E-state index is 0. The molecule has 0 aliphatic rings. The largest absolute Gasteiger partial charge is 2.00 e. The number of rotatable bonds is 11. The zero-order valence-electron chi connectivity index (χ0n) is 11.5. The Hall–Kier alpha value is 0.0144. The van der Waals surface area contributed by atoms with Crippen molar-refractivity contribution in [1.29, 1.82) is 0 Å². The van der Waals surface area contributed by atoms with E-state index in [4.69, 9.17) is 4.74 Å². The SMILES string of the molecule is CC(C)CCCCOCCCCN[C-]=O.[CH3-].[V+2]. The second-order valence-corrected chi connectivity index (χ2v) is 4.24. The van der Waals surface area contributed by atoms with E-state index in [9.17, 15) is 4.79 Å². The van der Waals surface area contributed by atoms with Crippen LogP contribution in [0.1, 0.15) is 46.0 Å². The maximum Gasteiger partial charge on any atom is 2.00 e. The van der Waals surface area contributed by atoms with Gasteiger partial charge in [-0.15, -0.1) is 0 Å². The number of unbranched alkanes of at least 4 members (excludes halogenated alkanes) is 2. The normalized spacial score (nSPS) is 9.35. The van der Waals surface area contributed by atoms with E-state index in [-0.39, 0.29) is 26.0 Å². The van der Waals surface area contributed by atoms with E-state index in [0.717, 1.165) is 32.0 Å². The summed E-state index contributed by atoms with van der Waals surface area (Å²) >= 11 is 0. The van der Waals surface area contributed by atoms with Crippen molar-refractivity contribution in [1.82, 2.24) is 5.32 Å². The molecule has 1 amide bonds. The summed E-state index contributed by atoms with van der Waals surface area (Å²) in [6.07, 6.45) is 7.36. The molecule has 4 heteroatoms. The van der Waals surface area contributed by atoms with Crippen molar-refractivity contribution in [3.8, 4) is 0 Å². The molecular weight excluding hydrogens is 253 g/mol. The van der Waals surface area contributed by atoms with Crippen LogP contribution in [0.2, 0.25) is 0 Å². The first-order chi connectivity index (χ1) is 7.27. The Morgan fingerprint density at radius 2 is 1.71 bits per heavy atom. The standard InChI is InChI=1S/C12H24NO2.CH3.V/c1-12(2)7-3-5-9-15-10-6-4-8-13-11-14;;/h12H,3-10H2,1-2H3,(H,13,14);1H3;/q2*-1;+2. The third-order valence-electron chi connectivity index (χ3n) is 2.23. The number of amides is 1. The molecule has 0 unspecified atom stereocenters. The summed E-state index contributed by atoms with van der Waals surface area (Å²) in [5.41, 5.74) is 0. The minimum atomic E-state index is 0. The first-order valence-corrected chi connectivity index (χ1v) is 5.95. The molecule has 0 saturated heterocycles. The van der Waals surface area contributed by atoms with Crippen molar-refractivity contribution in [3.05, 3.63) is 7.43 Å². The van der Waals surface area contributed by atoms with Gasteiger partial charge in [-0.25, -0.2) is 0 Å². The Bertz CT molecular complexity index is 143. The molecule has 17 heavy (non-hydrogen) atoms. The summed E-state index contributed by atoms with van der Waals surface area (Å²) in [6.45, 7) is 6.89. The van der Waals surface area contributed by atoms with Crippen LogP contribution in [0.5, 0.6) is 0 Å². The summed E-state index contributed by atoms with van der Waals surface area (Å²) in [5.74, 6) is 0.802. The van der Waals surface area contributed by atoms with Crippen molar-refractivity contribution in [2.75, 3.05) is 19.8 Å². The molecule has 0 aromatic rings. The van der Waals surface area contributed by atoms with E-state index in [2.05, 4.69) is 19.2 Å². The number of nitrogens with one attached hydrogen (secondary N) is 1. The number of hydrogen-bond donors (Lipinski definition) is 1. The summed E-state index contributed by atoms with van der Waals surface area (Å²) in [4.78, 5) is 9.80. The van der Waals surface area contributed by atoms with Gasteiger partial charge in [-0.2, -0.15) is 6.41 Å². The van der Waals surface area contributed by atoms with Gasteiger partial charge in [0.2, 0.25) is 0 Å². The molecule has 0 bridgehead atoms. The van der Waals surface area contributed by atoms with Crippen molar-refractivity contribution < 1.29 is 28.1 Å². The molecule has 3 nitrogen and oxygen atoms in total. The predicted octanol–water partition coefficient (Wildman–Crippen LogP) is 2.71. The molecule has 0 aromatic heterocycles. The zero-order chi connectivity index (χ0) is 11.4. The molecule has 101 valence electrons. The van der Waals surface area contributed by atoms with Gasteiger partial charge >= 0.3 is 18.6 Å². The van der Waals surface area contributed by atoms with Crippen LogP contribution in [0.4, 0.5) is 0 Å². The minimum Gasteiger partial charge on any atom is -0.530 e. The molecule has 0 atom stereocenters. The molecular formula is C13H27NO2V. The van der Waals surface area contributed by atoms with E-state index in [0.29, 0.717) is 6.54 Å². The fourth-order valence-electron chi connectivity index (χ4n) is 1.33. The molecule has 0 saturated carbocycles. The molecule has 0 aliphatic carbocycles. The van der Waals surface area contributed by atoms with Crippen molar-refractivity contribution >= 4 is 6.41 Å². The van der Waals surface area contributed by atoms with E-state index in [1.54, 1.807) is 6.41 Å². The van der Waals surface area contributed by atoms with Gasteiger partial charge in [0.1, 0.15) is 0 Å². The molecule has 0 heterocycles. The molecule has 1 N–H and O–H groups in total. The van der Waals surface area contributed by atoms with Crippen molar-refractivity contribution in [3.63, 3.8) is 0 Å². The molecule has 0 aliphatic heterocycles. The smallest absolute Gasteiger partial charge is 0.530 e. The van der Waals surface area contributed by atoms with E-state index >= 15 is 0 Å². The van der Waals surface area contributed by atoms with Crippen molar-refractivity contribution in [2.45, 2.75) is 46.0 Å². The van der Waals surface area contributed by atoms with Crippen LogP contribution in [-0.2, 0) is 28.1 Å². The quantitative estimate of drug-likeness (QED) is 0.359.